The highest BCUT2D eigenvalue weighted by atomic mass is 16.5. The van der Waals surface area contributed by atoms with Crippen LogP contribution in [-0.4, -0.2) is 27.8 Å². The summed E-state index contributed by atoms with van der Waals surface area (Å²) in [5.41, 5.74) is 2.24. The highest BCUT2D eigenvalue weighted by Gasteiger charge is 2.29. The Morgan fingerprint density at radius 3 is 2.88 bits per heavy atom. The summed E-state index contributed by atoms with van der Waals surface area (Å²) in [5.74, 6) is 2.57. The van der Waals surface area contributed by atoms with Crippen LogP contribution in [0.25, 0.3) is 22.3 Å². The number of hydrogen-bond acceptors (Lipinski definition) is 4. The summed E-state index contributed by atoms with van der Waals surface area (Å²) in [5, 5.41) is 9.00. The molecular formula is C21H28N4O. The van der Waals surface area contributed by atoms with Gasteiger partial charge in [0.1, 0.15) is 0 Å². The van der Waals surface area contributed by atoms with Crippen molar-refractivity contribution in [2.75, 3.05) is 13.1 Å². The number of fused-ring (bicyclic) bond motifs is 1. The second-order valence-corrected chi connectivity index (χ2v) is 7.46. The van der Waals surface area contributed by atoms with Gasteiger partial charge < -0.3 is 14.4 Å². The molecule has 5 nitrogen and oxygen atoms in total. The van der Waals surface area contributed by atoms with Crippen molar-refractivity contribution in [2.24, 2.45) is 13.0 Å². The number of nitrogens with one attached hydrogen (secondary N) is 1. The van der Waals surface area contributed by atoms with Gasteiger partial charge in [0, 0.05) is 35.6 Å². The molecule has 0 bridgehead atoms. The fraction of sp³-hybridized carbons (Fsp3) is 0.524. The Morgan fingerprint density at radius 2 is 2.08 bits per heavy atom. The van der Waals surface area contributed by atoms with Crippen LogP contribution in [0.15, 0.2) is 35.0 Å². The molecule has 0 amide bonds. The number of unbranched alkanes of at least 4 members (excludes halogenated alkanes) is 1. The fourth-order valence-corrected chi connectivity index (χ4v) is 4.25. The van der Waals surface area contributed by atoms with E-state index >= 15 is 0 Å². The molecule has 3 aromatic rings. The van der Waals surface area contributed by atoms with Crippen LogP contribution in [0.2, 0.25) is 0 Å². The second kappa shape index (κ2) is 7.62. The summed E-state index contributed by atoms with van der Waals surface area (Å²) in [6.07, 6.45) is 8.04. The van der Waals surface area contributed by atoms with Crippen LogP contribution in [0, 0.1) is 5.92 Å². The van der Waals surface area contributed by atoms with E-state index in [1.807, 2.05) is 0 Å². The van der Waals surface area contributed by atoms with Crippen molar-refractivity contribution in [3.63, 3.8) is 0 Å². The van der Waals surface area contributed by atoms with Crippen molar-refractivity contribution in [1.29, 1.82) is 0 Å². The highest BCUT2D eigenvalue weighted by Crippen LogP contribution is 2.36. The van der Waals surface area contributed by atoms with Gasteiger partial charge >= 0.3 is 0 Å². The average molecular weight is 352 g/mol. The molecule has 1 aliphatic rings. The molecule has 2 aromatic heterocycles. The first-order valence-electron chi connectivity index (χ1n) is 9.86. The minimum atomic E-state index is 0.383. The van der Waals surface area contributed by atoms with Crippen molar-refractivity contribution < 1.29 is 4.52 Å². The van der Waals surface area contributed by atoms with E-state index < -0.39 is 0 Å². The molecule has 4 rings (SSSR count). The van der Waals surface area contributed by atoms with Crippen LogP contribution >= 0.6 is 0 Å². The molecule has 26 heavy (non-hydrogen) atoms. The molecule has 1 unspecified atom stereocenters. The Kier molecular flexibility index (Phi) is 5.07. The van der Waals surface area contributed by atoms with Gasteiger partial charge in [-0.2, -0.15) is 4.98 Å². The molecule has 0 spiro atoms. The zero-order chi connectivity index (χ0) is 17.9. The van der Waals surface area contributed by atoms with Crippen LogP contribution in [0.5, 0.6) is 0 Å². The van der Waals surface area contributed by atoms with Crippen LogP contribution in [-0.2, 0) is 7.05 Å². The van der Waals surface area contributed by atoms with Gasteiger partial charge in [-0.25, -0.2) is 0 Å². The van der Waals surface area contributed by atoms with E-state index in [2.05, 4.69) is 59.5 Å². The Labute approximate surface area is 154 Å². The molecular weight excluding hydrogens is 324 g/mol. The van der Waals surface area contributed by atoms with E-state index in [1.54, 1.807) is 0 Å². The molecule has 1 N–H and O–H groups in total. The van der Waals surface area contributed by atoms with Crippen LogP contribution in [0.1, 0.15) is 50.8 Å². The van der Waals surface area contributed by atoms with Gasteiger partial charge in [-0.05, 0) is 44.3 Å². The standard InChI is InChI=1S/C21H28N4O/c1-3-4-7-16(15-10-12-22-13-11-15)21-23-20(24-26-21)18-14-25(2)19-9-6-5-8-17(18)19/h5-6,8-9,14-16,22H,3-4,7,10-13H2,1-2H3. The predicted octanol–water partition coefficient (Wildman–Crippen LogP) is 4.50. The number of hydrogen-bond donors (Lipinski definition) is 1. The van der Waals surface area contributed by atoms with Gasteiger partial charge in [-0.1, -0.05) is 43.1 Å². The normalized spacial score (nSPS) is 17.0. The lowest BCUT2D eigenvalue weighted by Gasteiger charge is -2.28. The monoisotopic (exact) mass is 352 g/mol. The van der Waals surface area contributed by atoms with Gasteiger partial charge in [0.25, 0.3) is 0 Å². The smallest absolute Gasteiger partial charge is 0.230 e. The minimum absolute atomic E-state index is 0.383. The van der Waals surface area contributed by atoms with Crippen molar-refractivity contribution in [3.8, 4) is 11.4 Å². The Balaban J connectivity index is 1.66. The number of piperidine rings is 1. The molecule has 5 heteroatoms. The summed E-state index contributed by atoms with van der Waals surface area (Å²) < 4.78 is 7.93. The topological polar surface area (TPSA) is 55.9 Å². The van der Waals surface area contributed by atoms with Gasteiger partial charge in [-0.3, -0.25) is 0 Å². The molecule has 0 aliphatic carbocycles. The van der Waals surface area contributed by atoms with E-state index in [4.69, 9.17) is 9.51 Å². The maximum Gasteiger partial charge on any atom is 0.230 e. The summed E-state index contributed by atoms with van der Waals surface area (Å²) in [7, 11) is 2.06. The van der Waals surface area contributed by atoms with Crippen LogP contribution in [0.3, 0.4) is 0 Å². The third-order valence-electron chi connectivity index (χ3n) is 5.72. The number of rotatable bonds is 6. The zero-order valence-electron chi connectivity index (χ0n) is 15.7. The van der Waals surface area contributed by atoms with Crippen LogP contribution < -0.4 is 5.32 Å². The predicted molar refractivity (Wildman–Crippen MR) is 104 cm³/mol. The molecule has 0 radical (unpaired) electrons. The minimum Gasteiger partial charge on any atom is -0.350 e. The van der Waals surface area contributed by atoms with E-state index in [-0.39, 0.29) is 0 Å². The van der Waals surface area contributed by atoms with Crippen molar-refractivity contribution in [1.82, 2.24) is 20.0 Å². The average Bonchev–Trinajstić information content (AvgIpc) is 3.29. The SMILES string of the molecule is CCCCC(c1nc(-c2cn(C)c3ccccc23)no1)C1CCNCC1. The Morgan fingerprint density at radius 1 is 1.27 bits per heavy atom. The molecule has 1 atom stereocenters. The van der Waals surface area contributed by atoms with E-state index in [1.165, 1.54) is 36.6 Å². The summed E-state index contributed by atoms with van der Waals surface area (Å²) in [4.78, 5) is 4.86. The zero-order valence-corrected chi connectivity index (χ0v) is 15.7. The quantitative estimate of drug-likeness (QED) is 0.709. The van der Waals surface area contributed by atoms with E-state index in [0.717, 1.165) is 31.0 Å². The van der Waals surface area contributed by atoms with Gasteiger partial charge in [0.05, 0.1) is 0 Å². The molecule has 1 aliphatic heterocycles. The maximum atomic E-state index is 5.80. The third kappa shape index (κ3) is 3.28. The first-order chi connectivity index (χ1) is 12.8. The summed E-state index contributed by atoms with van der Waals surface area (Å²) in [6, 6.07) is 8.37. The summed E-state index contributed by atoms with van der Waals surface area (Å²) in [6.45, 7) is 4.43. The van der Waals surface area contributed by atoms with Crippen molar-refractivity contribution in [3.05, 3.63) is 36.4 Å². The van der Waals surface area contributed by atoms with Crippen molar-refractivity contribution >= 4 is 10.9 Å². The fourth-order valence-electron chi connectivity index (χ4n) is 4.25. The number of aryl methyl sites for hydroxylation is 1. The number of para-hydroxylation sites is 1. The molecule has 1 aromatic carbocycles. The Bertz CT molecular complexity index is 860. The molecule has 1 fully saturated rings. The lowest BCUT2D eigenvalue weighted by molar-refractivity contribution is 0.248. The first kappa shape index (κ1) is 17.3. The maximum absolute atomic E-state index is 5.80. The van der Waals surface area contributed by atoms with Gasteiger partial charge in [-0.15, -0.1) is 0 Å². The lowest BCUT2D eigenvalue weighted by atomic mass is 9.81. The Hall–Kier alpha value is -2.14. The van der Waals surface area contributed by atoms with Gasteiger partial charge in [0.15, 0.2) is 0 Å². The number of nitrogens with zero attached hydrogens (tertiary/aromatic N) is 3. The lowest BCUT2D eigenvalue weighted by Crippen LogP contribution is -2.31. The molecule has 3 heterocycles. The van der Waals surface area contributed by atoms with Crippen LogP contribution in [0.4, 0.5) is 0 Å². The third-order valence-corrected chi connectivity index (χ3v) is 5.72. The van der Waals surface area contributed by atoms with Crippen molar-refractivity contribution in [2.45, 2.75) is 44.9 Å². The number of aromatic nitrogens is 3. The van der Waals surface area contributed by atoms with Gasteiger partial charge in [0.2, 0.25) is 11.7 Å². The number of benzene rings is 1. The summed E-state index contributed by atoms with van der Waals surface area (Å²) >= 11 is 0. The first-order valence-corrected chi connectivity index (χ1v) is 9.86. The van der Waals surface area contributed by atoms with E-state index in [0.29, 0.717) is 17.7 Å². The molecule has 1 saturated heterocycles. The second-order valence-electron chi connectivity index (χ2n) is 7.46. The molecule has 138 valence electrons. The molecule has 0 saturated carbocycles. The van der Waals surface area contributed by atoms with E-state index in [9.17, 15) is 0 Å². The largest absolute Gasteiger partial charge is 0.350 e. The highest BCUT2D eigenvalue weighted by molar-refractivity contribution is 5.94.